The number of nitrogens with zero attached hydrogens (tertiary/aromatic N) is 1. The fourth-order valence-corrected chi connectivity index (χ4v) is 2.65. The van der Waals surface area contributed by atoms with Crippen molar-refractivity contribution in [3.63, 3.8) is 0 Å². The largest absolute Gasteiger partial charge is 0.490 e. The van der Waals surface area contributed by atoms with E-state index in [1.807, 2.05) is 48.5 Å². The van der Waals surface area contributed by atoms with E-state index in [2.05, 4.69) is 20.8 Å². The van der Waals surface area contributed by atoms with Gasteiger partial charge in [-0.15, -0.1) is 0 Å². The Hall–Kier alpha value is -2.29. The Morgan fingerprint density at radius 2 is 1.73 bits per heavy atom. The van der Waals surface area contributed by atoms with Crippen molar-refractivity contribution in [3.8, 4) is 5.75 Å². The third-order valence-electron chi connectivity index (χ3n) is 3.97. The molecule has 0 spiro atoms. The summed E-state index contributed by atoms with van der Waals surface area (Å²) >= 11 is 0. The van der Waals surface area contributed by atoms with Gasteiger partial charge >= 0.3 is 0 Å². The first-order valence-corrected chi connectivity index (χ1v) is 7.61. The topological polar surface area (TPSA) is 29.5 Å². The van der Waals surface area contributed by atoms with Gasteiger partial charge in [-0.05, 0) is 35.2 Å². The minimum absolute atomic E-state index is 0.0243. The van der Waals surface area contributed by atoms with E-state index >= 15 is 0 Å². The molecule has 22 heavy (non-hydrogen) atoms. The van der Waals surface area contributed by atoms with Crippen molar-refractivity contribution in [2.45, 2.75) is 26.2 Å². The highest BCUT2D eigenvalue weighted by molar-refractivity contribution is 6.07. The number of hydrogen-bond acceptors (Lipinski definition) is 2. The fraction of sp³-hybridized carbons (Fsp3) is 0.316. The van der Waals surface area contributed by atoms with Gasteiger partial charge in [0, 0.05) is 5.56 Å². The second-order valence-electron chi connectivity index (χ2n) is 6.60. The summed E-state index contributed by atoms with van der Waals surface area (Å²) in [6.45, 7) is 7.62. The van der Waals surface area contributed by atoms with Gasteiger partial charge in [0.15, 0.2) is 0 Å². The molecule has 0 aliphatic carbocycles. The molecular weight excluding hydrogens is 274 g/mol. The molecule has 114 valence electrons. The van der Waals surface area contributed by atoms with Crippen LogP contribution in [0, 0.1) is 0 Å². The quantitative estimate of drug-likeness (QED) is 0.795. The molecule has 2 aromatic carbocycles. The van der Waals surface area contributed by atoms with Crippen molar-refractivity contribution in [2.75, 3.05) is 18.1 Å². The summed E-state index contributed by atoms with van der Waals surface area (Å²) in [6.07, 6.45) is 0. The van der Waals surface area contributed by atoms with E-state index in [4.69, 9.17) is 4.74 Å². The SMILES string of the molecule is CC(C)(C)c1ccc(C(=O)N2CCOc3ccccc32)cc1. The molecular formula is C19H21NO2. The maximum Gasteiger partial charge on any atom is 0.258 e. The first kappa shape index (κ1) is 14.6. The van der Waals surface area contributed by atoms with Gasteiger partial charge in [0.05, 0.1) is 12.2 Å². The van der Waals surface area contributed by atoms with Crippen LogP contribution >= 0.6 is 0 Å². The lowest BCUT2D eigenvalue weighted by Gasteiger charge is -2.29. The Morgan fingerprint density at radius 1 is 1.05 bits per heavy atom. The first-order chi connectivity index (χ1) is 10.5. The van der Waals surface area contributed by atoms with Crippen LogP contribution in [-0.2, 0) is 5.41 Å². The van der Waals surface area contributed by atoms with Crippen LogP contribution in [0.2, 0.25) is 0 Å². The number of benzene rings is 2. The minimum Gasteiger partial charge on any atom is -0.490 e. The van der Waals surface area contributed by atoms with Crippen molar-refractivity contribution >= 4 is 11.6 Å². The molecule has 3 heteroatoms. The van der Waals surface area contributed by atoms with E-state index in [1.165, 1.54) is 5.56 Å². The number of anilines is 1. The fourth-order valence-electron chi connectivity index (χ4n) is 2.65. The Kier molecular flexibility index (Phi) is 3.65. The Balaban J connectivity index is 1.89. The van der Waals surface area contributed by atoms with Gasteiger partial charge in [-0.3, -0.25) is 4.79 Å². The van der Waals surface area contributed by atoms with E-state index < -0.39 is 0 Å². The van der Waals surface area contributed by atoms with Gasteiger partial charge in [-0.1, -0.05) is 45.0 Å². The van der Waals surface area contributed by atoms with Crippen LogP contribution in [0.4, 0.5) is 5.69 Å². The number of carbonyl (C=O) groups excluding carboxylic acids is 1. The smallest absolute Gasteiger partial charge is 0.258 e. The van der Waals surface area contributed by atoms with Crippen LogP contribution in [0.1, 0.15) is 36.7 Å². The second-order valence-corrected chi connectivity index (χ2v) is 6.60. The Labute approximate surface area is 131 Å². The zero-order valence-electron chi connectivity index (χ0n) is 13.3. The summed E-state index contributed by atoms with van der Waals surface area (Å²) in [5, 5.41) is 0. The molecule has 1 amide bonds. The lowest BCUT2D eigenvalue weighted by atomic mass is 9.86. The third kappa shape index (κ3) is 2.71. The molecule has 0 unspecified atom stereocenters. The van der Waals surface area contributed by atoms with E-state index in [0.29, 0.717) is 18.7 Å². The molecule has 0 bridgehead atoms. The molecule has 0 N–H and O–H groups in total. The number of rotatable bonds is 1. The summed E-state index contributed by atoms with van der Waals surface area (Å²) in [6, 6.07) is 15.6. The number of ether oxygens (including phenoxy) is 1. The van der Waals surface area contributed by atoms with Crippen molar-refractivity contribution in [1.29, 1.82) is 0 Å². The van der Waals surface area contributed by atoms with Crippen LogP contribution in [0.25, 0.3) is 0 Å². The Morgan fingerprint density at radius 3 is 2.41 bits per heavy atom. The molecule has 3 nitrogen and oxygen atoms in total. The molecule has 0 radical (unpaired) electrons. The van der Waals surface area contributed by atoms with Crippen LogP contribution in [0.15, 0.2) is 48.5 Å². The molecule has 1 aliphatic heterocycles. The zero-order chi connectivity index (χ0) is 15.7. The van der Waals surface area contributed by atoms with Crippen LogP contribution < -0.4 is 9.64 Å². The summed E-state index contributed by atoms with van der Waals surface area (Å²) in [4.78, 5) is 14.6. The van der Waals surface area contributed by atoms with Crippen LogP contribution in [0.5, 0.6) is 5.75 Å². The van der Waals surface area contributed by atoms with Gasteiger partial charge in [-0.25, -0.2) is 0 Å². The normalized spacial score (nSPS) is 14.2. The highest BCUT2D eigenvalue weighted by Crippen LogP contribution is 2.32. The number of hydrogen-bond donors (Lipinski definition) is 0. The van der Waals surface area contributed by atoms with Gasteiger partial charge in [-0.2, -0.15) is 0 Å². The van der Waals surface area contributed by atoms with E-state index in [1.54, 1.807) is 4.90 Å². The number of para-hydroxylation sites is 2. The number of carbonyl (C=O) groups is 1. The molecule has 0 atom stereocenters. The van der Waals surface area contributed by atoms with Gasteiger partial charge in [0.25, 0.3) is 5.91 Å². The molecule has 0 saturated carbocycles. The summed E-state index contributed by atoms with van der Waals surface area (Å²) < 4.78 is 5.61. The van der Waals surface area contributed by atoms with Crippen molar-refractivity contribution in [2.24, 2.45) is 0 Å². The average Bonchev–Trinajstić information content (AvgIpc) is 2.53. The monoisotopic (exact) mass is 295 g/mol. The molecule has 1 aliphatic rings. The van der Waals surface area contributed by atoms with Crippen LogP contribution in [0.3, 0.4) is 0 Å². The maximum atomic E-state index is 12.8. The van der Waals surface area contributed by atoms with E-state index in [9.17, 15) is 4.79 Å². The van der Waals surface area contributed by atoms with Crippen molar-refractivity contribution < 1.29 is 9.53 Å². The Bertz CT molecular complexity index is 683. The van der Waals surface area contributed by atoms with Gasteiger partial charge in [0.1, 0.15) is 12.4 Å². The highest BCUT2D eigenvalue weighted by atomic mass is 16.5. The third-order valence-corrected chi connectivity index (χ3v) is 3.97. The van der Waals surface area contributed by atoms with Crippen molar-refractivity contribution in [1.82, 2.24) is 0 Å². The van der Waals surface area contributed by atoms with Gasteiger partial charge < -0.3 is 9.64 Å². The standard InChI is InChI=1S/C19H21NO2/c1-19(2,3)15-10-8-14(9-11-15)18(21)20-12-13-22-17-7-5-4-6-16(17)20/h4-11H,12-13H2,1-3H3. The van der Waals surface area contributed by atoms with E-state index in [-0.39, 0.29) is 11.3 Å². The number of amides is 1. The van der Waals surface area contributed by atoms with Crippen LogP contribution in [-0.4, -0.2) is 19.1 Å². The van der Waals surface area contributed by atoms with Crippen molar-refractivity contribution in [3.05, 3.63) is 59.7 Å². The predicted octanol–water partition coefficient (Wildman–Crippen LogP) is 4.02. The van der Waals surface area contributed by atoms with E-state index in [0.717, 1.165) is 11.4 Å². The highest BCUT2D eigenvalue weighted by Gasteiger charge is 2.24. The summed E-state index contributed by atoms with van der Waals surface area (Å²) in [5.41, 5.74) is 2.88. The average molecular weight is 295 g/mol. The lowest BCUT2D eigenvalue weighted by Crippen LogP contribution is -2.37. The minimum atomic E-state index is 0.0243. The molecule has 0 saturated heterocycles. The lowest BCUT2D eigenvalue weighted by molar-refractivity contribution is 0.0976. The maximum absolute atomic E-state index is 12.8. The molecule has 0 aromatic heterocycles. The second kappa shape index (κ2) is 5.48. The summed E-state index contributed by atoms with van der Waals surface area (Å²) in [5.74, 6) is 0.796. The first-order valence-electron chi connectivity index (χ1n) is 7.61. The molecule has 3 rings (SSSR count). The summed E-state index contributed by atoms with van der Waals surface area (Å²) in [7, 11) is 0. The van der Waals surface area contributed by atoms with Gasteiger partial charge in [0.2, 0.25) is 0 Å². The number of fused-ring (bicyclic) bond motifs is 1. The zero-order valence-corrected chi connectivity index (χ0v) is 13.3. The molecule has 1 heterocycles. The molecule has 0 fully saturated rings. The molecule has 2 aromatic rings. The predicted molar refractivity (Wildman–Crippen MR) is 88.8 cm³/mol.